The van der Waals surface area contributed by atoms with Crippen LogP contribution >= 0.6 is 28.1 Å². The van der Waals surface area contributed by atoms with E-state index in [0.717, 1.165) is 17.3 Å². The Morgan fingerprint density at radius 3 is 2.58 bits per heavy atom. The van der Waals surface area contributed by atoms with E-state index in [4.69, 9.17) is 18.0 Å². The Morgan fingerprint density at radius 2 is 2.00 bits per heavy atom. The molecule has 0 bridgehead atoms. The third kappa shape index (κ3) is 3.34. The topological polar surface area (TPSA) is 63.4 Å². The maximum absolute atomic E-state index is 12.5. The molecule has 1 aromatic carbocycles. The summed E-state index contributed by atoms with van der Waals surface area (Å²) in [5.41, 5.74) is 5.63. The van der Waals surface area contributed by atoms with E-state index in [1.807, 2.05) is 0 Å². The van der Waals surface area contributed by atoms with Crippen LogP contribution in [0, 0.1) is 5.92 Å². The number of hydrogen-bond donors (Lipinski definition) is 1. The molecule has 1 saturated heterocycles. The summed E-state index contributed by atoms with van der Waals surface area (Å²) in [5.74, 6) is -0.0195. The Morgan fingerprint density at radius 1 is 1.37 bits per heavy atom. The molecule has 1 unspecified atom stereocenters. The zero-order chi connectivity index (χ0) is 14.0. The van der Waals surface area contributed by atoms with Gasteiger partial charge >= 0.3 is 0 Å². The van der Waals surface area contributed by atoms with Crippen LogP contribution in [-0.2, 0) is 10.0 Å². The van der Waals surface area contributed by atoms with Crippen molar-refractivity contribution in [2.75, 3.05) is 13.1 Å². The normalized spacial score (nSPS) is 21.2. The lowest BCUT2D eigenvalue weighted by molar-refractivity contribution is 0.312. The summed E-state index contributed by atoms with van der Waals surface area (Å²) < 4.78 is 27.3. The van der Waals surface area contributed by atoms with E-state index in [1.165, 1.54) is 4.31 Å². The van der Waals surface area contributed by atoms with Crippen molar-refractivity contribution >= 4 is 43.2 Å². The lowest BCUT2D eigenvalue weighted by Gasteiger charge is -2.31. The van der Waals surface area contributed by atoms with Gasteiger partial charge in [0.2, 0.25) is 10.0 Å². The summed E-state index contributed by atoms with van der Waals surface area (Å²) >= 11 is 8.27. The van der Waals surface area contributed by atoms with Crippen molar-refractivity contribution in [1.29, 1.82) is 0 Å². The van der Waals surface area contributed by atoms with Gasteiger partial charge in [0.05, 0.1) is 9.88 Å². The van der Waals surface area contributed by atoms with E-state index in [9.17, 15) is 8.42 Å². The lowest BCUT2D eigenvalue weighted by Crippen LogP contribution is -2.43. The first-order valence-electron chi connectivity index (χ1n) is 5.96. The van der Waals surface area contributed by atoms with Gasteiger partial charge in [0, 0.05) is 23.5 Å². The highest BCUT2D eigenvalue weighted by molar-refractivity contribution is 9.10. The van der Waals surface area contributed by atoms with E-state index in [2.05, 4.69) is 15.9 Å². The van der Waals surface area contributed by atoms with Gasteiger partial charge in [-0.2, -0.15) is 4.31 Å². The predicted molar refractivity (Wildman–Crippen MR) is 82.4 cm³/mol. The molecule has 0 saturated carbocycles. The van der Waals surface area contributed by atoms with Gasteiger partial charge in [-0.1, -0.05) is 28.1 Å². The second-order valence-corrected chi connectivity index (χ2v) is 7.88. The lowest BCUT2D eigenvalue weighted by atomic mass is 10.0. The number of sulfonamides is 1. The van der Waals surface area contributed by atoms with E-state index in [-0.39, 0.29) is 5.92 Å². The third-order valence-electron chi connectivity index (χ3n) is 3.24. The van der Waals surface area contributed by atoms with Crippen LogP contribution in [0.3, 0.4) is 0 Å². The van der Waals surface area contributed by atoms with Crippen LogP contribution < -0.4 is 5.73 Å². The van der Waals surface area contributed by atoms with Crippen LogP contribution in [0.15, 0.2) is 33.6 Å². The molecule has 1 fully saturated rings. The van der Waals surface area contributed by atoms with E-state index in [0.29, 0.717) is 23.0 Å². The number of hydrogen-bond acceptors (Lipinski definition) is 3. The van der Waals surface area contributed by atoms with Crippen LogP contribution in [0.2, 0.25) is 0 Å². The molecule has 2 N–H and O–H groups in total. The fourth-order valence-electron chi connectivity index (χ4n) is 2.15. The third-order valence-corrected chi connectivity index (χ3v) is 5.98. The summed E-state index contributed by atoms with van der Waals surface area (Å²) in [6.07, 6.45) is 1.65. The second kappa shape index (κ2) is 5.87. The molecule has 2 rings (SSSR count). The standard InChI is InChI=1S/C12H15BrN2O2S2/c13-10-3-5-11(6-4-10)19(16,17)15-7-1-2-9(8-15)12(14)18/h3-6,9H,1-2,7-8H2,(H2,14,18). The highest BCUT2D eigenvalue weighted by atomic mass is 79.9. The average molecular weight is 363 g/mol. The first-order chi connectivity index (χ1) is 8.91. The van der Waals surface area contributed by atoms with Crippen molar-refractivity contribution in [3.8, 4) is 0 Å². The fraction of sp³-hybridized carbons (Fsp3) is 0.417. The molecule has 0 spiro atoms. The molecule has 1 aliphatic heterocycles. The van der Waals surface area contributed by atoms with E-state index >= 15 is 0 Å². The SMILES string of the molecule is NC(=S)C1CCCN(S(=O)(=O)c2ccc(Br)cc2)C1. The largest absolute Gasteiger partial charge is 0.393 e. The molecule has 1 aromatic rings. The van der Waals surface area contributed by atoms with Gasteiger partial charge in [-0.15, -0.1) is 0 Å². The van der Waals surface area contributed by atoms with Crippen molar-refractivity contribution in [3.63, 3.8) is 0 Å². The van der Waals surface area contributed by atoms with Crippen LogP contribution in [0.25, 0.3) is 0 Å². The van der Waals surface area contributed by atoms with E-state index < -0.39 is 10.0 Å². The van der Waals surface area contributed by atoms with Gasteiger partial charge in [0.1, 0.15) is 0 Å². The summed E-state index contributed by atoms with van der Waals surface area (Å²) in [4.78, 5) is 0.704. The zero-order valence-corrected chi connectivity index (χ0v) is 13.5. The molecule has 4 nitrogen and oxygen atoms in total. The smallest absolute Gasteiger partial charge is 0.243 e. The van der Waals surface area contributed by atoms with Crippen LogP contribution in [0.4, 0.5) is 0 Å². The molecule has 7 heteroatoms. The van der Waals surface area contributed by atoms with Gasteiger partial charge in [-0.25, -0.2) is 8.42 Å². The quantitative estimate of drug-likeness (QED) is 0.836. The van der Waals surface area contributed by atoms with Crippen molar-refractivity contribution < 1.29 is 8.42 Å². The van der Waals surface area contributed by atoms with Crippen LogP contribution in [0.1, 0.15) is 12.8 Å². The monoisotopic (exact) mass is 362 g/mol. The van der Waals surface area contributed by atoms with Crippen molar-refractivity contribution in [3.05, 3.63) is 28.7 Å². The van der Waals surface area contributed by atoms with Gasteiger partial charge in [0.15, 0.2) is 0 Å². The number of thiocarbonyl (C=S) groups is 1. The molecular formula is C12H15BrN2O2S2. The molecule has 0 aliphatic carbocycles. The summed E-state index contributed by atoms with van der Waals surface area (Å²) in [6, 6.07) is 6.65. The zero-order valence-electron chi connectivity index (χ0n) is 10.3. The van der Waals surface area contributed by atoms with E-state index in [1.54, 1.807) is 24.3 Å². The Bertz CT molecular complexity index is 572. The maximum atomic E-state index is 12.5. The first-order valence-corrected chi connectivity index (χ1v) is 8.60. The maximum Gasteiger partial charge on any atom is 0.243 e. The van der Waals surface area contributed by atoms with Gasteiger partial charge in [-0.05, 0) is 37.1 Å². The number of piperidine rings is 1. The van der Waals surface area contributed by atoms with Crippen molar-refractivity contribution in [2.24, 2.45) is 11.7 Å². The molecule has 1 atom stereocenters. The first kappa shape index (κ1) is 14.9. The van der Waals surface area contributed by atoms with Gasteiger partial charge in [-0.3, -0.25) is 0 Å². The molecule has 1 heterocycles. The number of rotatable bonds is 3. The number of halogens is 1. The predicted octanol–water partition coefficient (Wildman–Crippen LogP) is 2.14. The van der Waals surface area contributed by atoms with Crippen LogP contribution in [0.5, 0.6) is 0 Å². The molecule has 19 heavy (non-hydrogen) atoms. The van der Waals surface area contributed by atoms with Crippen LogP contribution in [-0.4, -0.2) is 30.8 Å². The molecule has 0 amide bonds. The second-order valence-electron chi connectivity index (χ2n) is 4.56. The minimum atomic E-state index is -3.45. The molecule has 104 valence electrons. The highest BCUT2D eigenvalue weighted by Crippen LogP contribution is 2.24. The fourth-order valence-corrected chi connectivity index (χ4v) is 4.13. The Kier molecular flexibility index (Phi) is 4.60. The summed E-state index contributed by atoms with van der Waals surface area (Å²) in [5, 5.41) is 0. The number of nitrogens with zero attached hydrogens (tertiary/aromatic N) is 1. The van der Waals surface area contributed by atoms with Crippen molar-refractivity contribution in [1.82, 2.24) is 4.31 Å². The summed E-state index contributed by atoms with van der Waals surface area (Å²) in [6.45, 7) is 0.908. The van der Waals surface area contributed by atoms with Gasteiger partial charge in [0.25, 0.3) is 0 Å². The Labute approximate surface area is 127 Å². The molecule has 0 radical (unpaired) electrons. The minimum Gasteiger partial charge on any atom is -0.393 e. The number of benzene rings is 1. The van der Waals surface area contributed by atoms with Crippen molar-refractivity contribution in [2.45, 2.75) is 17.7 Å². The average Bonchev–Trinajstić information content (AvgIpc) is 2.39. The molecule has 1 aliphatic rings. The molecular weight excluding hydrogens is 348 g/mol. The Hall–Kier alpha value is -0.500. The minimum absolute atomic E-state index is 0.0195. The molecule has 0 aromatic heterocycles. The number of nitrogens with two attached hydrogens (primary N) is 1. The Balaban J connectivity index is 2.24. The summed E-state index contributed by atoms with van der Waals surface area (Å²) in [7, 11) is -3.45. The van der Waals surface area contributed by atoms with Gasteiger partial charge < -0.3 is 5.73 Å². The highest BCUT2D eigenvalue weighted by Gasteiger charge is 2.31.